The number of hydrogen-bond acceptors (Lipinski definition) is 4. The minimum absolute atomic E-state index is 0.228. The number of carbonyl (C=O) groups excluding carboxylic acids is 1. The maximum Gasteiger partial charge on any atom is 0.272 e. The van der Waals surface area contributed by atoms with Gasteiger partial charge in [0.15, 0.2) is 5.69 Å². The zero-order valence-corrected chi connectivity index (χ0v) is 12.5. The summed E-state index contributed by atoms with van der Waals surface area (Å²) < 4.78 is 5.09. The van der Waals surface area contributed by atoms with E-state index in [-0.39, 0.29) is 5.91 Å². The molecule has 0 aliphatic carbocycles. The van der Waals surface area contributed by atoms with Gasteiger partial charge in [-0.2, -0.15) is 5.10 Å². The predicted molar refractivity (Wildman–Crippen MR) is 80.3 cm³/mol. The van der Waals surface area contributed by atoms with Crippen molar-refractivity contribution in [3.63, 3.8) is 0 Å². The smallest absolute Gasteiger partial charge is 0.272 e. The second-order valence-electron chi connectivity index (χ2n) is 5.03. The van der Waals surface area contributed by atoms with Gasteiger partial charge in [0.2, 0.25) is 0 Å². The van der Waals surface area contributed by atoms with E-state index in [2.05, 4.69) is 15.5 Å². The number of rotatable bonds is 5. The molecule has 0 radical (unpaired) electrons. The molecule has 0 fully saturated rings. The van der Waals surface area contributed by atoms with Crippen LogP contribution < -0.4 is 10.1 Å². The van der Waals surface area contributed by atoms with E-state index in [1.165, 1.54) is 0 Å². The van der Waals surface area contributed by atoms with E-state index in [0.29, 0.717) is 18.2 Å². The molecule has 2 aromatic rings. The molecule has 1 heterocycles. The average molecular weight is 285 g/mol. The van der Waals surface area contributed by atoms with Crippen LogP contribution in [0.1, 0.15) is 41.5 Å². The van der Waals surface area contributed by atoms with E-state index in [1.807, 2.05) is 44.2 Å². The molecule has 5 heteroatoms. The molecule has 0 spiro atoms. The molecule has 0 saturated carbocycles. The highest BCUT2D eigenvalue weighted by Gasteiger charge is 2.09. The lowest BCUT2D eigenvalue weighted by Gasteiger charge is -2.07. The zero-order chi connectivity index (χ0) is 15.2. The summed E-state index contributed by atoms with van der Waals surface area (Å²) in [5.41, 5.74) is 2.20. The lowest BCUT2D eigenvalue weighted by atomic mass is 10.1. The average Bonchev–Trinajstić information content (AvgIpc) is 2.53. The molecular weight excluding hydrogens is 266 g/mol. The lowest BCUT2D eigenvalue weighted by Crippen LogP contribution is -2.24. The first-order valence-corrected chi connectivity index (χ1v) is 6.85. The third-order valence-electron chi connectivity index (χ3n) is 3.12. The number of nitrogens with one attached hydrogen (secondary N) is 1. The highest BCUT2D eigenvalue weighted by Crippen LogP contribution is 2.12. The molecule has 2 rings (SSSR count). The van der Waals surface area contributed by atoms with Gasteiger partial charge in [0.05, 0.1) is 12.8 Å². The molecule has 110 valence electrons. The summed E-state index contributed by atoms with van der Waals surface area (Å²) in [7, 11) is 1.62. The minimum atomic E-state index is -0.228. The molecule has 5 nitrogen and oxygen atoms in total. The first-order chi connectivity index (χ1) is 10.1. The molecule has 21 heavy (non-hydrogen) atoms. The molecule has 0 aliphatic heterocycles. The van der Waals surface area contributed by atoms with Gasteiger partial charge in [0, 0.05) is 6.54 Å². The van der Waals surface area contributed by atoms with Crippen molar-refractivity contribution in [2.75, 3.05) is 7.11 Å². The Labute approximate surface area is 124 Å². The standard InChI is InChI=1S/C16H19N3O2/c1-11(2)14-8-9-15(19-18-14)16(20)17-10-12-4-6-13(21-3)7-5-12/h4-9,11H,10H2,1-3H3,(H,17,20). The van der Waals surface area contributed by atoms with Crippen molar-refractivity contribution in [2.45, 2.75) is 26.3 Å². The van der Waals surface area contributed by atoms with Gasteiger partial charge in [-0.25, -0.2) is 0 Å². The number of amides is 1. The molecule has 1 aromatic carbocycles. The van der Waals surface area contributed by atoms with Crippen LogP contribution in [0.25, 0.3) is 0 Å². The number of benzene rings is 1. The van der Waals surface area contributed by atoms with E-state index >= 15 is 0 Å². The van der Waals surface area contributed by atoms with Crippen LogP contribution >= 0.6 is 0 Å². The van der Waals surface area contributed by atoms with Gasteiger partial charge in [0.25, 0.3) is 5.91 Å². The summed E-state index contributed by atoms with van der Waals surface area (Å²) in [5.74, 6) is 0.864. The fraction of sp³-hybridized carbons (Fsp3) is 0.312. The van der Waals surface area contributed by atoms with Crippen molar-refractivity contribution in [3.8, 4) is 5.75 Å². The van der Waals surface area contributed by atoms with Crippen LogP contribution in [0, 0.1) is 0 Å². The van der Waals surface area contributed by atoms with Gasteiger partial charge < -0.3 is 10.1 Å². The Morgan fingerprint density at radius 1 is 1.14 bits per heavy atom. The molecule has 1 aromatic heterocycles. The van der Waals surface area contributed by atoms with Crippen LogP contribution in [-0.2, 0) is 6.54 Å². The van der Waals surface area contributed by atoms with Crippen molar-refractivity contribution in [1.29, 1.82) is 0 Å². The summed E-state index contributed by atoms with van der Waals surface area (Å²) >= 11 is 0. The number of carbonyl (C=O) groups is 1. The van der Waals surface area contributed by atoms with Crippen molar-refractivity contribution in [3.05, 3.63) is 53.3 Å². The minimum Gasteiger partial charge on any atom is -0.497 e. The van der Waals surface area contributed by atoms with E-state index < -0.39 is 0 Å². The van der Waals surface area contributed by atoms with Gasteiger partial charge in [-0.15, -0.1) is 5.10 Å². The molecule has 1 amide bonds. The molecule has 0 bridgehead atoms. The van der Waals surface area contributed by atoms with Gasteiger partial charge in [-0.05, 0) is 35.7 Å². The van der Waals surface area contributed by atoms with Crippen LogP contribution in [0.2, 0.25) is 0 Å². The summed E-state index contributed by atoms with van der Waals surface area (Å²) in [5, 5.41) is 10.8. The topological polar surface area (TPSA) is 64.1 Å². The number of nitrogens with zero attached hydrogens (tertiary/aromatic N) is 2. The van der Waals surface area contributed by atoms with Crippen molar-refractivity contribution >= 4 is 5.91 Å². The van der Waals surface area contributed by atoms with Crippen LogP contribution in [0.15, 0.2) is 36.4 Å². The second kappa shape index (κ2) is 6.83. The third kappa shape index (κ3) is 4.02. The fourth-order valence-corrected chi connectivity index (χ4v) is 1.79. The Bertz CT molecular complexity index is 592. The monoisotopic (exact) mass is 285 g/mol. The maximum atomic E-state index is 12.0. The van der Waals surface area contributed by atoms with Crippen molar-refractivity contribution in [1.82, 2.24) is 15.5 Å². The highest BCUT2D eigenvalue weighted by atomic mass is 16.5. The van der Waals surface area contributed by atoms with Gasteiger partial charge >= 0.3 is 0 Å². The molecule has 1 N–H and O–H groups in total. The molecule has 0 unspecified atom stereocenters. The Morgan fingerprint density at radius 3 is 2.38 bits per heavy atom. The lowest BCUT2D eigenvalue weighted by molar-refractivity contribution is 0.0944. The SMILES string of the molecule is COc1ccc(CNC(=O)c2ccc(C(C)C)nn2)cc1. The van der Waals surface area contributed by atoms with Crippen LogP contribution in [-0.4, -0.2) is 23.2 Å². The number of methoxy groups -OCH3 is 1. The molecular formula is C16H19N3O2. The van der Waals surface area contributed by atoms with Crippen molar-refractivity contribution in [2.24, 2.45) is 0 Å². The van der Waals surface area contributed by atoms with Crippen molar-refractivity contribution < 1.29 is 9.53 Å². The normalized spacial score (nSPS) is 10.5. The van der Waals surface area contributed by atoms with E-state index in [1.54, 1.807) is 13.2 Å². The third-order valence-corrected chi connectivity index (χ3v) is 3.12. The van der Waals surface area contributed by atoms with Crippen LogP contribution in [0.3, 0.4) is 0 Å². The Morgan fingerprint density at radius 2 is 1.86 bits per heavy atom. The quantitative estimate of drug-likeness (QED) is 0.917. The van der Waals surface area contributed by atoms with E-state index in [9.17, 15) is 4.79 Å². The molecule has 0 aliphatic rings. The number of hydrogen-bond donors (Lipinski definition) is 1. The highest BCUT2D eigenvalue weighted by molar-refractivity contribution is 5.91. The molecule has 0 saturated heterocycles. The molecule has 0 atom stereocenters. The Balaban J connectivity index is 1.94. The maximum absolute atomic E-state index is 12.0. The summed E-state index contributed by atoms with van der Waals surface area (Å²) in [4.78, 5) is 12.0. The summed E-state index contributed by atoms with van der Waals surface area (Å²) in [6.45, 7) is 4.51. The number of aromatic nitrogens is 2. The Kier molecular flexibility index (Phi) is 4.87. The summed E-state index contributed by atoms with van der Waals surface area (Å²) in [6, 6.07) is 11.1. The van der Waals surface area contributed by atoms with Gasteiger partial charge in [-0.1, -0.05) is 26.0 Å². The van der Waals surface area contributed by atoms with Crippen LogP contribution in [0.5, 0.6) is 5.75 Å². The first kappa shape index (κ1) is 15.0. The van der Waals surface area contributed by atoms with E-state index in [0.717, 1.165) is 17.0 Å². The second-order valence-corrected chi connectivity index (χ2v) is 5.03. The van der Waals surface area contributed by atoms with Gasteiger partial charge in [0.1, 0.15) is 5.75 Å². The largest absolute Gasteiger partial charge is 0.497 e. The summed E-state index contributed by atoms with van der Waals surface area (Å²) in [6.07, 6.45) is 0. The van der Waals surface area contributed by atoms with E-state index in [4.69, 9.17) is 4.74 Å². The Hall–Kier alpha value is -2.43. The van der Waals surface area contributed by atoms with Gasteiger partial charge in [-0.3, -0.25) is 4.79 Å². The first-order valence-electron chi connectivity index (χ1n) is 6.85. The number of ether oxygens (including phenoxy) is 1. The zero-order valence-electron chi connectivity index (χ0n) is 12.5. The predicted octanol–water partition coefficient (Wildman–Crippen LogP) is 2.54. The van der Waals surface area contributed by atoms with Crippen LogP contribution in [0.4, 0.5) is 0 Å². The fourth-order valence-electron chi connectivity index (χ4n) is 1.79.